The normalized spacial score (nSPS) is 11.5. The second kappa shape index (κ2) is 9.82. The van der Waals surface area contributed by atoms with Crippen LogP contribution in [0.2, 0.25) is 5.02 Å². The van der Waals surface area contributed by atoms with Crippen LogP contribution in [0.4, 0.5) is 5.69 Å². The minimum atomic E-state index is -0.708. The Morgan fingerprint density at radius 3 is 2.35 bits per heavy atom. The van der Waals surface area contributed by atoms with Crippen LogP contribution >= 0.6 is 11.6 Å². The van der Waals surface area contributed by atoms with E-state index in [2.05, 4.69) is 5.32 Å². The zero-order valence-electron chi connectivity index (χ0n) is 14.8. The van der Waals surface area contributed by atoms with E-state index in [1.165, 1.54) is 0 Å². The maximum absolute atomic E-state index is 12.2. The molecule has 1 N–H and O–H groups in total. The van der Waals surface area contributed by atoms with Gasteiger partial charge in [-0.1, -0.05) is 24.9 Å². The van der Waals surface area contributed by atoms with Crippen molar-refractivity contribution >= 4 is 29.2 Å². The van der Waals surface area contributed by atoms with Gasteiger partial charge in [-0.25, -0.2) is 4.79 Å². The first-order valence-corrected chi connectivity index (χ1v) is 8.87. The number of esters is 1. The van der Waals surface area contributed by atoms with Crippen LogP contribution < -0.4 is 10.1 Å². The van der Waals surface area contributed by atoms with E-state index < -0.39 is 12.1 Å². The second-order valence-electron chi connectivity index (χ2n) is 5.77. The van der Waals surface area contributed by atoms with Gasteiger partial charge in [0.25, 0.3) is 5.91 Å². The number of anilines is 1. The summed E-state index contributed by atoms with van der Waals surface area (Å²) in [6.45, 7) is 4.06. The van der Waals surface area contributed by atoms with E-state index in [4.69, 9.17) is 21.1 Å². The number of amides is 1. The molecule has 0 spiro atoms. The molecule has 0 radical (unpaired) electrons. The van der Waals surface area contributed by atoms with E-state index in [0.717, 1.165) is 12.8 Å². The predicted octanol–water partition coefficient (Wildman–Crippen LogP) is 4.70. The van der Waals surface area contributed by atoms with Crippen LogP contribution in [0.25, 0.3) is 0 Å². The fourth-order valence-electron chi connectivity index (χ4n) is 2.11. The number of unbranched alkanes of at least 4 members (excludes halogenated alkanes) is 1. The molecule has 26 heavy (non-hydrogen) atoms. The highest BCUT2D eigenvalue weighted by molar-refractivity contribution is 6.30. The van der Waals surface area contributed by atoms with Gasteiger partial charge in [0, 0.05) is 16.3 Å². The summed E-state index contributed by atoms with van der Waals surface area (Å²) in [6, 6.07) is 13.4. The van der Waals surface area contributed by atoms with Crippen molar-refractivity contribution in [2.75, 3.05) is 11.9 Å². The van der Waals surface area contributed by atoms with Crippen molar-refractivity contribution in [1.82, 2.24) is 0 Å². The van der Waals surface area contributed by atoms with Crippen LogP contribution in [0.5, 0.6) is 5.75 Å². The third-order valence-electron chi connectivity index (χ3n) is 3.61. The van der Waals surface area contributed by atoms with Gasteiger partial charge in [0.1, 0.15) is 5.75 Å². The summed E-state index contributed by atoms with van der Waals surface area (Å²) in [5.74, 6) is -0.151. The molecule has 0 aliphatic carbocycles. The van der Waals surface area contributed by atoms with Gasteiger partial charge in [0.05, 0.1) is 6.61 Å². The van der Waals surface area contributed by atoms with E-state index in [1.807, 2.05) is 6.92 Å². The van der Waals surface area contributed by atoms with Gasteiger partial charge in [0.2, 0.25) is 0 Å². The first-order valence-electron chi connectivity index (χ1n) is 8.50. The molecule has 0 bridgehead atoms. The Morgan fingerprint density at radius 2 is 1.73 bits per heavy atom. The van der Waals surface area contributed by atoms with Crippen molar-refractivity contribution in [2.24, 2.45) is 0 Å². The number of carbonyl (C=O) groups is 2. The van der Waals surface area contributed by atoms with Crippen molar-refractivity contribution in [1.29, 1.82) is 0 Å². The number of nitrogens with one attached hydrogen (secondary N) is 1. The number of ether oxygens (including phenoxy) is 2. The molecule has 2 aromatic carbocycles. The Kier molecular flexibility index (Phi) is 7.48. The lowest BCUT2D eigenvalue weighted by Gasteiger charge is -2.14. The fraction of sp³-hybridized carbons (Fsp3) is 0.300. The highest BCUT2D eigenvalue weighted by Gasteiger charge is 2.16. The average molecular weight is 376 g/mol. The monoisotopic (exact) mass is 375 g/mol. The van der Waals surface area contributed by atoms with E-state index in [9.17, 15) is 9.59 Å². The van der Waals surface area contributed by atoms with Gasteiger partial charge in [-0.05, 0) is 61.9 Å². The van der Waals surface area contributed by atoms with E-state index >= 15 is 0 Å². The summed E-state index contributed by atoms with van der Waals surface area (Å²) in [4.78, 5) is 24.0. The molecule has 1 unspecified atom stereocenters. The SMILES string of the molecule is CCCCOC(=O)C(C)Oc1ccc(C(=O)Nc2ccc(Cl)cc2)cc1. The third-order valence-corrected chi connectivity index (χ3v) is 3.86. The minimum absolute atomic E-state index is 0.245. The molecule has 2 aromatic rings. The number of hydrogen-bond acceptors (Lipinski definition) is 4. The molecule has 0 aliphatic rings. The third kappa shape index (κ3) is 6.08. The quantitative estimate of drug-likeness (QED) is 0.536. The number of hydrogen-bond donors (Lipinski definition) is 1. The summed E-state index contributed by atoms with van der Waals surface area (Å²) in [5, 5.41) is 3.38. The Hall–Kier alpha value is -2.53. The van der Waals surface area contributed by atoms with Crippen LogP contribution in [-0.4, -0.2) is 24.6 Å². The first-order chi connectivity index (χ1) is 12.5. The minimum Gasteiger partial charge on any atom is -0.479 e. The van der Waals surface area contributed by atoms with Crippen molar-refractivity contribution in [3.63, 3.8) is 0 Å². The smallest absolute Gasteiger partial charge is 0.347 e. The molecule has 0 saturated carbocycles. The molecule has 0 aromatic heterocycles. The maximum atomic E-state index is 12.2. The standard InChI is InChI=1S/C20H22ClNO4/c1-3-4-13-25-20(24)14(2)26-18-11-5-15(6-12-18)19(23)22-17-9-7-16(21)8-10-17/h5-12,14H,3-4,13H2,1-2H3,(H,22,23). The Morgan fingerprint density at radius 1 is 1.08 bits per heavy atom. The van der Waals surface area contributed by atoms with Crippen molar-refractivity contribution < 1.29 is 19.1 Å². The highest BCUT2D eigenvalue weighted by Crippen LogP contribution is 2.17. The van der Waals surface area contributed by atoms with Gasteiger partial charge in [-0.2, -0.15) is 0 Å². The lowest BCUT2D eigenvalue weighted by Crippen LogP contribution is -2.26. The van der Waals surface area contributed by atoms with Gasteiger partial charge in [0.15, 0.2) is 6.10 Å². The van der Waals surface area contributed by atoms with Crippen LogP contribution in [0.3, 0.4) is 0 Å². The van der Waals surface area contributed by atoms with Crippen LogP contribution in [-0.2, 0) is 9.53 Å². The van der Waals surface area contributed by atoms with Gasteiger partial charge >= 0.3 is 5.97 Å². The van der Waals surface area contributed by atoms with E-state index in [0.29, 0.717) is 28.6 Å². The van der Waals surface area contributed by atoms with Crippen molar-refractivity contribution in [3.8, 4) is 5.75 Å². The molecule has 2 rings (SSSR count). The summed E-state index contributed by atoms with van der Waals surface area (Å²) >= 11 is 5.82. The summed E-state index contributed by atoms with van der Waals surface area (Å²) in [7, 11) is 0. The summed E-state index contributed by atoms with van der Waals surface area (Å²) in [5.41, 5.74) is 1.13. The molecular formula is C20H22ClNO4. The lowest BCUT2D eigenvalue weighted by molar-refractivity contribution is -0.151. The van der Waals surface area contributed by atoms with Crippen molar-refractivity contribution in [2.45, 2.75) is 32.8 Å². The Bertz CT molecular complexity index is 728. The molecule has 0 saturated heterocycles. The molecule has 5 nitrogen and oxygen atoms in total. The highest BCUT2D eigenvalue weighted by atomic mass is 35.5. The topological polar surface area (TPSA) is 64.6 Å². The fourth-order valence-corrected chi connectivity index (χ4v) is 2.23. The summed E-state index contributed by atoms with van der Waals surface area (Å²) in [6.07, 6.45) is 1.08. The van der Waals surface area contributed by atoms with E-state index in [1.54, 1.807) is 55.5 Å². The second-order valence-corrected chi connectivity index (χ2v) is 6.20. The molecule has 0 fully saturated rings. The predicted molar refractivity (Wildman–Crippen MR) is 102 cm³/mol. The van der Waals surface area contributed by atoms with Gasteiger partial charge < -0.3 is 14.8 Å². The first kappa shape index (κ1) is 19.8. The maximum Gasteiger partial charge on any atom is 0.347 e. The Labute approximate surface area is 158 Å². The van der Waals surface area contributed by atoms with Crippen LogP contribution in [0.1, 0.15) is 37.0 Å². The Balaban J connectivity index is 1.89. The van der Waals surface area contributed by atoms with Gasteiger partial charge in [-0.3, -0.25) is 4.79 Å². The molecule has 138 valence electrons. The molecule has 0 heterocycles. The lowest BCUT2D eigenvalue weighted by atomic mass is 10.2. The van der Waals surface area contributed by atoms with E-state index in [-0.39, 0.29) is 5.91 Å². The zero-order chi connectivity index (χ0) is 18.9. The molecule has 1 amide bonds. The van der Waals surface area contributed by atoms with Crippen LogP contribution in [0.15, 0.2) is 48.5 Å². The number of halogens is 1. The average Bonchev–Trinajstić information content (AvgIpc) is 2.64. The molecular weight excluding hydrogens is 354 g/mol. The molecule has 0 aliphatic heterocycles. The zero-order valence-corrected chi connectivity index (χ0v) is 15.6. The van der Waals surface area contributed by atoms with Crippen LogP contribution in [0, 0.1) is 0 Å². The number of carbonyl (C=O) groups excluding carboxylic acids is 2. The number of rotatable bonds is 8. The molecule has 1 atom stereocenters. The number of benzene rings is 2. The van der Waals surface area contributed by atoms with Gasteiger partial charge in [-0.15, -0.1) is 0 Å². The largest absolute Gasteiger partial charge is 0.479 e. The van der Waals surface area contributed by atoms with Crippen molar-refractivity contribution in [3.05, 3.63) is 59.1 Å². The molecule has 6 heteroatoms. The summed E-state index contributed by atoms with van der Waals surface area (Å²) < 4.78 is 10.7.